The van der Waals surface area contributed by atoms with E-state index in [0.29, 0.717) is 0 Å². The number of rotatable bonds is 4. The summed E-state index contributed by atoms with van der Waals surface area (Å²) < 4.78 is 1.68. The minimum atomic E-state index is -0.675. The van der Waals surface area contributed by atoms with Gasteiger partial charge in [0.1, 0.15) is 6.04 Å². The van der Waals surface area contributed by atoms with Crippen LogP contribution < -0.4 is 11.1 Å². The molecule has 5 heteroatoms. The van der Waals surface area contributed by atoms with Crippen LogP contribution >= 0.6 is 0 Å². The molecule has 100 valence electrons. The molecule has 0 aliphatic rings. The first-order valence-corrected chi connectivity index (χ1v) is 6.25. The molecule has 0 saturated carbocycles. The van der Waals surface area contributed by atoms with Crippen LogP contribution in [0.2, 0.25) is 0 Å². The molecule has 1 amide bonds. The fourth-order valence-electron chi connectivity index (χ4n) is 1.92. The smallest absolute Gasteiger partial charge is 0.245 e. The van der Waals surface area contributed by atoms with Crippen molar-refractivity contribution in [3.05, 3.63) is 47.8 Å². The quantitative estimate of drug-likeness (QED) is 0.875. The van der Waals surface area contributed by atoms with E-state index in [1.807, 2.05) is 44.3 Å². The van der Waals surface area contributed by atoms with Gasteiger partial charge in [-0.2, -0.15) is 5.10 Å². The third-order valence-corrected chi connectivity index (χ3v) is 2.94. The largest absolute Gasteiger partial charge is 0.322 e. The SMILES string of the molecule is CCc1nn(C)cc1NC(=O)[C@@H](N)c1ccccc1. The second-order valence-electron chi connectivity index (χ2n) is 4.39. The number of nitrogens with one attached hydrogen (secondary N) is 1. The second kappa shape index (κ2) is 5.67. The van der Waals surface area contributed by atoms with Crippen molar-refractivity contribution >= 4 is 11.6 Å². The zero-order valence-corrected chi connectivity index (χ0v) is 11.1. The Balaban J connectivity index is 2.13. The molecule has 2 rings (SSSR count). The molecule has 0 saturated heterocycles. The van der Waals surface area contributed by atoms with Crippen LogP contribution in [-0.2, 0) is 18.3 Å². The molecule has 0 radical (unpaired) electrons. The lowest BCUT2D eigenvalue weighted by molar-refractivity contribution is -0.117. The van der Waals surface area contributed by atoms with E-state index in [4.69, 9.17) is 5.73 Å². The summed E-state index contributed by atoms with van der Waals surface area (Å²) >= 11 is 0. The predicted octanol–water partition coefficient (Wildman–Crippen LogP) is 1.62. The number of nitrogens with zero attached hydrogens (tertiary/aromatic N) is 2. The molecule has 5 nitrogen and oxygen atoms in total. The monoisotopic (exact) mass is 258 g/mol. The summed E-state index contributed by atoms with van der Waals surface area (Å²) in [5.41, 5.74) is 8.32. The number of anilines is 1. The van der Waals surface area contributed by atoms with Gasteiger partial charge in [0.15, 0.2) is 0 Å². The Kier molecular flexibility index (Phi) is 3.97. The highest BCUT2D eigenvalue weighted by Crippen LogP contribution is 2.17. The standard InChI is InChI=1S/C14H18N4O/c1-3-11-12(9-18(2)17-11)16-14(19)13(15)10-7-5-4-6-8-10/h4-9,13H,3,15H2,1-2H3,(H,16,19)/t13-/m0/s1. The van der Waals surface area contributed by atoms with Gasteiger partial charge >= 0.3 is 0 Å². The maximum atomic E-state index is 12.1. The number of nitrogens with two attached hydrogens (primary N) is 1. The number of carbonyl (C=O) groups excluding carboxylic acids is 1. The lowest BCUT2D eigenvalue weighted by atomic mass is 10.1. The molecule has 0 fully saturated rings. The van der Waals surface area contributed by atoms with Crippen molar-refractivity contribution in [3.8, 4) is 0 Å². The fourth-order valence-corrected chi connectivity index (χ4v) is 1.92. The molecule has 1 atom stereocenters. The summed E-state index contributed by atoms with van der Waals surface area (Å²) in [4.78, 5) is 12.1. The summed E-state index contributed by atoms with van der Waals surface area (Å²) in [6.45, 7) is 2.00. The molecule has 3 N–H and O–H groups in total. The van der Waals surface area contributed by atoms with Crippen molar-refractivity contribution in [3.63, 3.8) is 0 Å². The van der Waals surface area contributed by atoms with Crippen LogP contribution in [0.25, 0.3) is 0 Å². The van der Waals surface area contributed by atoms with Crippen LogP contribution in [0.3, 0.4) is 0 Å². The van der Waals surface area contributed by atoms with Gasteiger partial charge in [-0.15, -0.1) is 0 Å². The Bertz CT molecular complexity index is 562. The van der Waals surface area contributed by atoms with Crippen LogP contribution in [0.15, 0.2) is 36.5 Å². The Morgan fingerprint density at radius 1 is 1.42 bits per heavy atom. The lowest BCUT2D eigenvalue weighted by Gasteiger charge is -2.12. The third-order valence-electron chi connectivity index (χ3n) is 2.94. The number of aryl methyl sites for hydroxylation is 2. The Hall–Kier alpha value is -2.14. The average Bonchev–Trinajstić information content (AvgIpc) is 2.78. The fraction of sp³-hybridized carbons (Fsp3) is 0.286. The molecule has 0 aliphatic heterocycles. The third kappa shape index (κ3) is 3.00. The van der Waals surface area contributed by atoms with Gasteiger partial charge in [0, 0.05) is 13.2 Å². The zero-order chi connectivity index (χ0) is 13.8. The Morgan fingerprint density at radius 2 is 2.11 bits per heavy atom. The molecule has 1 aromatic heterocycles. The molecule has 0 unspecified atom stereocenters. The second-order valence-corrected chi connectivity index (χ2v) is 4.39. The van der Waals surface area contributed by atoms with Gasteiger partial charge in [0.05, 0.1) is 11.4 Å². The Labute approximate surface area is 112 Å². The minimum absolute atomic E-state index is 0.228. The van der Waals surface area contributed by atoms with Crippen molar-refractivity contribution in [1.82, 2.24) is 9.78 Å². The van der Waals surface area contributed by atoms with Crippen LogP contribution in [0, 0.1) is 0 Å². The van der Waals surface area contributed by atoms with Crippen LogP contribution in [0.4, 0.5) is 5.69 Å². The first kappa shape index (κ1) is 13.3. The molecule has 0 spiro atoms. The maximum absolute atomic E-state index is 12.1. The van der Waals surface area contributed by atoms with Crippen molar-refractivity contribution < 1.29 is 4.79 Å². The predicted molar refractivity (Wildman–Crippen MR) is 74.6 cm³/mol. The van der Waals surface area contributed by atoms with Crippen molar-refractivity contribution in [1.29, 1.82) is 0 Å². The van der Waals surface area contributed by atoms with Crippen LogP contribution in [-0.4, -0.2) is 15.7 Å². The molecule has 1 heterocycles. The van der Waals surface area contributed by atoms with E-state index in [-0.39, 0.29) is 5.91 Å². The normalized spacial score (nSPS) is 12.2. The molecular weight excluding hydrogens is 240 g/mol. The van der Waals surface area contributed by atoms with E-state index in [1.54, 1.807) is 10.9 Å². The molecule has 0 aliphatic carbocycles. The minimum Gasteiger partial charge on any atom is -0.322 e. The maximum Gasteiger partial charge on any atom is 0.245 e. The topological polar surface area (TPSA) is 72.9 Å². The number of carbonyl (C=O) groups is 1. The summed E-state index contributed by atoms with van der Waals surface area (Å²) in [6, 6.07) is 8.63. The number of amides is 1. The lowest BCUT2D eigenvalue weighted by Crippen LogP contribution is -2.27. The van der Waals surface area contributed by atoms with Crippen LogP contribution in [0.1, 0.15) is 24.2 Å². The van der Waals surface area contributed by atoms with Gasteiger partial charge in [0.2, 0.25) is 5.91 Å². The first-order valence-electron chi connectivity index (χ1n) is 6.25. The van der Waals surface area contributed by atoms with E-state index in [9.17, 15) is 4.79 Å². The van der Waals surface area contributed by atoms with Gasteiger partial charge in [-0.3, -0.25) is 9.48 Å². The van der Waals surface area contributed by atoms with Crippen molar-refractivity contribution in [2.24, 2.45) is 12.8 Å². The van der Waals surface area contributed by atoms with Gasteiger partial charge in [-0.05, 0) is 12.0 Å². The van der Waals surface area contributed by atoms with E-state index < -0.39 is 6.04 Å². The number of hydrogen-bond donors (Lipinski definition) is 2. The summed E-state index contributed by atoms with van der Waals surface area (Å²) in [5.74, 6) is -0.228. The molecule has 0 bridgehead atoms. The molecule has 2 aromatic rings. The molecular formula is C14H18N4O. The van der Waals surface area contributed by atoms with Gasteiger partial charge in [0.25, 0.3) is 0 Å². The zero-order valence-electron chi connectivity index (χ0n) is 11.1. The van der Waals surface area contributed by atoms with E-state index in [1.165, 1.54) is 0 Å². The molecule has 19 heavy (non-hydrogen) atoms. The number of benzene rings is 1. The summed E-state index contributed by atoms with van der Waals surface area (Å²) in [5, 5.41) is 7.11. The Morgan fingerprint density at radius 3 is 2.74 bits per heavy atom. The highest BCUT2D eigenvalue weighted by atomic mass is 16.2. The van der Waals surface area contributed by atoms with Gasteiger partial charge in [-0.25, -0.2) is 0 Å². The van der Waals surface area contributed by atoms with Crippen LogP contribution in [0.5, 0.6) is 0 Å². The van der Waals surface area contributed by atoms with E-state index >= 15 is 0 Å². The van der Waals surface area contributed by atoms with Gasteiger partial charge < -0.3 is 11.1 Å². The van der Waals surface area contributed by atoms with Crippen molar-refractivity contribution in [2.75, 3.05) is 5.32 Å². The summed E-state index contributed by atoms with van der Waals surface area (Å²) in [7, 11) is 1.83. The highest BCUT2D eigenvalue weighted by molar-refractivity contribution is 5.95. The first-order chi connectivity index (χ1) is 9.11. The van der Waals surface area contributed by atoms with Crippen molar-refractivity contribution in [2.45, 2.75) is 19.4 Å². The molecule has 1 aromatic carbocycles. The average molecular weight is 258 g/mol. The van der Waals surface area contributed by atoms with E-state index in [0.717, 1.165) is 23.4 Å². The highest BCUT2D eigenvalue weighted by Gasteiger charge is 2.17. The van der Waals surface area contributed by atoms with E-state index in [2.05, 4.69) is 10.4 Å². The number of hydrogen-bond acceptors (Lipinski definition) is 3. The van der Waals surface area contributed by atoms with Gasteiger partial charge in [-0.1, -0.05) is 37.3 Å². The number of aromatic nitrogens is 2. The summed E-state index contributed by atoms with van der Waals surface area (Å²) in [6.07, 6.45) is 2.55.